The highest BCUT2D eigenvalue weighted by molar-refractivity contribution is 5.54. The maximum atomic E-state index is 5.29. The van der Waals surface area contributed by atoms with Crippen LogP contribution in [0.4, 0.5) is 5.82 Å². The Morgan fingerprint density at radius 3 is 2.62 bits per heavy atom. The maximum Gasteiger partial charge on any atom is 0.318 e. The average Bonchev–Trinajstić information content (AvgIpc) is 2.97. The van der Waals surface area contributed by atoms with Gasteiger partial charge in [-0.15, -0.1) is 0 Å². The lowest BCUT2D eigenvalue weighted by Gasteiger charge is -2.25. The van der Waals surface area contributed by atoms with E-state index in [9.17, 15) is 0 Å². The first kappa shape index (κ1) is 12.6. The summed E-state index contributed by atoms with van der Waals surface area (Å²) in [6, 6.07) is 9.05. The van der Waals surface area contributed by atoms with Crippen molar-refractivity contribution in [1.82, 2.24) is 15.3 Å². The molecule has 2 aliphatic heterocycles. The van der Waals surface area contributed by atoms with Crippen LogP contribution in [0.3, 0.4) is 0 Å². The molecular formula is C16H18N4O. The number of rotatable bonds is 2. The van der Waals surface area contributed by atoms with E-state index < -0.39 is 0 Å². The number of nitrogens with zero attached hydrogens (tertiary/aromatic N) is 3. The van der Waals surface area contributed by atoms with Gasteiger partial charge in [0.15, 0.2) is 0 Å². The molecule has 0 spiro atoms. The van der Waals surface area contributed by atoms with Crippen LogP contribution in [0.2, 0.25) is 0 Å². The number of hydrogen-bond donors (Lipinski definition) is 1. The van der Waals surface area contributed by atoms with Crippen LogP contribution in [-0.4, -0.2) is 23.6 Å². The highest BCUT2D eigenvalue weighted by atomic mass is 16.5. The fraction of sp³-hybridized carbons (Fsp3) is 0.375. The van der Waals surface area contributed by atoms with Crippen molar-refractivity contribution in [2.24, 2.45) is 0 Å². The summed E-state index contributed by atoms with van der Waals surface area (Å²) in [5.41, 5.74) is 5.10. The third kappa shape index (κ3) is 2.14. The summed E-state index contributed by atoms with van der Waals surface area (Å²) in [5.74, 6) is 1.01. The van der Waals surface area contributed by atoms with E-state index in [1.807, 2.05) is 0 Å². The topological polar surface area (TPSA) is 50.3 Å². The zero-order valence-electron chi connectivity index (χ0n) is 12.1. The van der Waals surface area contributed by atoms with Gasteiger partial charge in [-0.2, -0.15) is 9.97 Å². The Labute approximate surface area is 124 Å². The van der Waals surface area contributed by atoms with Gasteiger partial charge in [0, 0.05) is 38.2 Å². The van der Waals surface area contributed by atoms with Crippen LogP contribution in [0, 0.1) is 0 Å². The van der Waals surface area contributed by atoms with E-state index in [1.165, 1.54) is 16.7 Å². The first-order chi connectivity index (χ1) is 10.3. The zero-order valence-corrected chi connectivity index (χ0v) is 12.1. The average molecular weight is 282 g/mol. The van der Waals surface area contributed by atoms with E-state index in [-0.39, 0.29) is 0 Å². The van der Waals surface area contributed by atoms with Crippen LogP contribution in [0.15, 0.2) is 24.3 Å². The predicted molar refractivity (Wildman–Crippen MR) is 80.3 cm³/mol. The molecule has 0 aliphatic carbocycles. The van der Waals surface area contributed by atoms with Crippen molar-refractivity contribution in [3.8, 4) is 6.01 Å². The molecule has 21 heavy (non-hydrogen) atoms. The van der Waals surface area contributed by atoms with Crippen molar-refractivity contribution in [1.29, 1.82) is 0 Å². The molecular weight excluding hydrogens is 264 g/mol. The number of anilines is 1. The van der Waals surface area contributed by atoms with Crippen LogP contribution < -0.4 is 15.0 Å². The highest BCUT2D eigenvalue weighted by Crippen LogP contribution is 2.32. The fourth-order valence-electron chi connectivity index (χ4n) is 3.14. The minimum atomic E-state index is 0.474. The van der Waals surface area contributed by atoms with Gasteiger partial charge < -0.3 is 15.0 Å². The van der Waals surface area contributed by atoms with E-state index in [2.05, 4.69) is 44.5 Å². The molecule has 0 saturated heterocycles. The second-order valence-corrected chi connectivity index (χ2v) is 5.51. The lowest BCUT2D eigenvalue weighted by Crippen LogP contribution is -2.29. The van der Waals surface area contributed by atoms with Crippen LogP contribution in [0.1, 0.15) is 22.4 Å². The summed E-state index contributed by atoms with van der Waals surface area (Å²) in [6.45, 7) is 3.61. The van der Waals surface area contributed by atoms with Gasteiger partial charge in [-0.05, 0) is 11.1 Å². The quantitative estimate of drug-likeness (QED) is 0.907. The second-order valence-electron chi connectivity index (χ2n) is 5.51. The lowest BCUT2D eigenvalue weighted by atomic mass is 10.1. The summed E-state index contributed by atoms with van der Waals surface area (Å²) in [7, 11) is 1.63. The summed E-state index contributed by atoms with van der Waals surface area (Å²) in [5, 5.41) is 3.42. The molecule has 1 aromatic heterocycles. The molecule has 0 unspecified atom stereocenters. The summed E-state index contributed by atoms with van der Waals surface area (Å²) >= 11 is 0. The van der Waals surface area contributed by atoms with Crippen molar-refractivity contribution >= 4 is 5.82 Å². The number of methoxy groups -OCH3 is 1. The molecule has 4 rings (SSSR count). The zero-order chi connectivity index (χ0) is 14.2. The molecule has 3 heterocycles. The Balaban J connectivity index is 1.75. The van der Waals surface area contributed by atoms with Gasteiger partial charge in [0.1, 0.15) is 5.82 Å². The lowest BCUT2D eigenvalue weighted by molar-refractivity contribution is 0.375. The van der Waals surface area contributed by atoms with Crippen molar-refractivity contribution < 1.29 is 4.74 Å². The van der Waals surface area contributed by atoms with Crippen LogP contribution in [0.5, 0.6) is 6.01 Å². The van der Waals surface area contributed by atoms with Gasteiger partial charge in [0.05, 0.1) is 12.8 Å². The molecule has 0 amide bonds. The molecule has 0 bridgehead atoms. The molecule has 0 atom stereocenters. The third-order valence-corrected chi connectivity index (χ3v) is 4.21. The molecule has 108 valence electrons. The van der Waals surface area contributed by atoms with Crippen molar-refractivity contribution in [3.63, 3.8) is 0 Å². The van der Waals surface area contributed by atoms with E-state index in [0.29, 0.717) is 6.01 Å². The van der Waals surface area contributed by atoms with Crippen molar-refractivity contribution in [3.05, 3.63) is 46.6 Å². The number of ether oxygens (including phenoxy) is 1. The summed E-state index contributed by atoms with van der Waals surface area (Å²) in [4.78, 5) is 11.5. The third-order valence-electron chi connectivity index (χ3n) is 4.21. The molecule has 2 aromatic rings. The first-order valence-corrected chi connectivity index (χ1v) is 7.31. The van der Waals surface area contributed by atoms with Crippen molar-refractivity contribution in [2.45, 2.75) is 26.1 Å². The number of aromatic nitrogens is 2. The van der Waals surface area contributed by atoms with Gasteiger partial charge in [-0.25, -0.2) is 0 Å². The predicted octanol–water partition coefficient (Wildman–Crippen LogP) is 1.65. The summed E-state index contributed by atoms with van der Waals surface area (Å²) < 4.78 is 5.29. The minimum Gasteiger partial charge on any atom is -0.467 e. The molecule has 1 N–H and O–H groups in total. The monoisotopic (exact) mass is 282 g/mol. The number of fused-ring (bicyclic) bond motifs is 2. The SMILES string of the molecule is COc1nc2c(c(N3Cc4ccccc4C3)n1)CNCC2. The molecule has 5 heteroatoms. The smallest absolute Gasteiger partial charge is 0.318 e. The Morgan fingerprint density at radius 1 is 1.14 bits per heavy atom. The first-order valence-electron chi connectivity index (χ1n) is 7.31. The largest absolute Gasteiger partial charge is 0.467 e. The Morgan fingerprint density at radius 2 is 1.90 bits per heavy atom. The standard InChI is InChI=1S/C16H18N4O/c1-21-16-18-14-6-7-17-8-13(14)15(19-16)20-9-11-4-2-3-5-12(11)10-20/h2-5,17H,6-10H2,1H3. The number of hydrogen-bond acceptors (Lipinski definition) is 5. The van der Waals surface area contributed by atoms with Crippen molar-refractivity contribution in [2.75, 3.05) is 18.6 Å². The van der Waals surface area contributed by atoms with E-state index in [1.54, 1.807) is 7.11 Å². The van der Waals surface area contributed by atoms with Crippen LogP contribution in [0.25, 0.3) is 0 Å². The van der Waals surface area contributed by atoms with E-state index in [4.69, 9.17) is 4.74 Å². The van der Waals surface area contributed by atoms with Gasteiger partial charge in [0.2, 0.25) is 0 Å². The van der Waals surface area contributed by atoms with Gasteiger partial charge >= 0.3 is 6.01 Å². The molecule has 2 aliphatic rings. The normalized spacial score (nSPS) is 16.5. The summed E-state index contributed by atoms with van der Waals surface area (Å²) in [6.07, 6.45) is 0.933. The Kier molecular flexibility index (Phi) is 3.00. The van der Waals surface area contributed by atoms with Gasteiger partial charge in [-0.3, -0.25) is 0 Å². The molecule has 0 radical (unpaired) electrons. The van der Waals surface area contributed by atoms with Gasteiger partial charge in [-0.1, -0.05) is 24.3 Å². The highest BCUT2D eigenvalue weighted by Gasteiger charge is 2.26. The van der Waals surface area contributed by atoms with E-state index >= 15 is 0 Å². The molecule has 5 nitrogen and oxygen atoms in total. The second kappa shape index (κ2) is 5.00. The molecule has 0 fully saturated rings. The Bertz CT molecular complexity index is 661. The van der Waals surface area contributed by atoms with Gasteiger partial charge in [0.25, 0.3) is 0 Å². The Hall–Kier alpha value is -2.14. The number of nitrogens with one attached hydrogen (secondary N) is 1. The van der Waals surface area contributed by atoms with Crippen LogP contribution in [-0.2, 0) is 26.1 Å². The maximum absolute atomic E-state index is 5.29. The minimum absolute atomic E-state index is 0.474. The van der Waals surface area contributed by atoms with E-state index in [0.717, 1.165) is 44.1 Å². The van der Waals surface area contributed by atoms with Crippen LogP contribution >= 0.6 is 0 Å². The fourth-order valence-corrected chi connectivity index (χ4v) is 3.14. The molecule has 1 aromatic carbocycles. The molecule has 0 saturated carbocycles. The number of benzene rings is 1.